The van der Waals surface area contributed by atoms with Gasteiger partial charge in [0.25, 0.3) is 0 Å². The summed E-state index contributed by atoms with van der Waals surface area (Å²) < 4.78 is 61.5. The maximum absolute atomic E-state index is 15.1. The highest BCUT2D eigenvalue weighted by Gasteiger charge is 2.49. The van der Waals surface area contributed by atoms with Gasteiger partial charge in [-0.3, -0.25) is 0 Å². The predicted octanol–water partition coefficient (Wildman–Crippen LogP) is 5.61. The van der Waals surface area contributed by atoms with E-state index in [1.54, 1.807) is 26.2 Å². The smallest absolute Gasteiger partial charge is 0.303 e. The number of fused-ring (bicyclic) bond motifs is 1. The Morgan fingerprint density at radius 3 is 2.38 bits per heavy atom. The molecule has 0 aliphatic rings. The van der Waals surface area contributed by atoms with Gasteiger partial charge >= 0.3 is 5.92 Å². The highest BCUT2D eigenvalue weighted by atomic mass is 19.3. The molecule has 0 radical (unpaired) electrons. The third kappa shape index (κ3) is 6.07. The van der Waals surface area contributed by atoms with Crippen LogP contribution in [0.15, 0.2) is 30.3 Å². The highest BCUT2D eigenvalue weighted by Crippen LogP contribution is 2.41. The van der Waals surface area contributed by atoms with Crippen LogP contribution in [0.5, 0.6) is 11.5 Å². The molecular weight excluding hydrogens is 487 g/mol. The fraction of sp³-hybridized carbons (Fsp3) is 0.481. The van der Waals surface area contributed by atoms with Gasteiger partial charge in [0.15, 0.2) is 11.5 Å². The molecule has 37 heavy (non-hydrogen) atoms. The number of alkyl halides is 2. The van der Waals surface area contributed by atoms with Crippen molar-refractivity contribution in [1.82, 2.24) is 9.97 Å². The van der Waals surface area contributed by atoms with E-state index in [0.29, 0.717) is 40.7 Å². The van der Waals surface area contributed by atoms with E-state index in [4.69, 9.17) is 14.2 Å². The van der Waals surface area contributed by atoms with Crippen molar-refractivity contribution in [3.05, 3.63) is 53.1 Å². The minimum Gasteiger partial charge on any atom is -0.493 e. The zero-order valence-electron chi connectivity index (χ0n) is 22.2. The maximum Gasteiger partial charge on any atom is 0.303 e. The summed E-state index contributed by atoms with van der Waals surface area (Å²) in [6.45, 7) is 7.86. The number of benzene rings is 2. The summed E-state index contributed by atoms with van der Waals surface area (Å²) in [4.78, 5) is 8.92. The van der Waals surface area contributed by atoms with Crippen LogP contribution in [-0.2, 0) is 17.2 Å². The van der Waals surface area contributed by atoms with Gasteiger partial charge in [-0.25, -0.2) is 14.4 Å². The van der Waals surface area contributed by atoms with Gasteiger partial charge in [0.1, 0.15) is 29.2 Å². The molecule has 3 aromatic rings. The minimum absolute atomic E-state index is 0.00390. The van der Waals surface area contributed by atoms with Crippen LogP contribution in [0.25, 0.3) is 10.9 Å². The van der Waals surface area contributed by atoms with Gasteiger partial charge in [-0.1, -0.05) is 26.0 Å². The van der Waals surface area contributed by atoms with Crippen LogP contribution in [0.1, 0.15) is 44.6 Å². The normalized spacial score (nSPS) is 13.2. The minimum atomic E-state index is -3.79. The summed E-state index contributed by atoms with van der Waals surface area (Å²) in [5, 5.41) is 13.5. The molecule has 1 aromatic heterocycles. The van der Waals surface area contributed by atoms with E-state index in [1.807, 2.05) is 13.8 Å². The maximum atomic E-state index is 15.1. The molecule has 2 N–H and O–H groups in total. The van der Waals surface area contributed by atoms with E-state index in [-0.39, 0.29) is 24.1 Å². The number of nitrogens with zero attached hydrogens (tertiary/aromatic N) is 2. The Morgan fingerprint density at radius 1 is 1.08 bits per heavy atom. The number of aliphatic hydroxyl groups is 1. The summed E-state index contributed by atoms with van der Waals surface area (Å²) in [5.41, 5.74) is -2.75. The Morgan fingerprint density at radius 2 is 1.78 bits per heavy atom. The van der Waals surface area contributed by atoms with Crippen molar-refractivity contribution in [2.24, 2.45) is 5.92 Å². The number of halogens is 3. The molecule has 0 aliphatic carbocycles. The van der Waals surface area contributed by atoms with Crippen LogP contribution in [0, 0.1) is 18.7 Å². The Labute approximate surface area is 215 Å². The van der Waals surface area contributed by atoms with Crippen molar-refractivity contribution in [1.29, 1.82) is 0 Å². The molecule has 202 valence electrons. The molecule has 0 amide bonds. The molecule has 1 unspecified atom stereocenters. The van der Waals surface area contributed by atoms with E-state index >= 15 is 4.39 Å². The SMILES string of the molecule is COCC(Oc1cc2c(NCc3cccc(C(F)(F)C(C)(C)O)c3F)nc(C)nc2cc1OC)C(C)C. The number of hydrogen-bond acceptors (Lipinski definition) is 7. The first-order valence-corrected chi connectivity index (χ1v) is 11.9. The Hall–Kier alpha value is -3.11. The van der Waals surface area contributed by atoms with Crippen LogP contribution < -0.4 is 14.8 Å². The van der Waals surface area contributed by atoms with Gasteiger partial charge in [0.05, 0.1) is 24.8 Å². The van der Waals surface area contributed by atoms with Crippen molar-refractivity contribution in [3.63, 3.8) is 0 Å². The van der Waals surface area contributed by atoms with E-state index in [2.05, 4.69) is 15.3 Å². The van der Waals surface area contributed by atoms with Gasteiger partial charge in [-0.15, -0.1) is 0 Å². The van der Waals surface area contributed by atoms with Gasteiger partial charge in [0.2, 0.25) is 0 Å². The fourth-order valence-corrected chi connectivity index (χ4v) is 3.80. The first-order chi connectivity index (χ1) is 17.3. The number of ether oxygens (including phenoxy) is 3. The summed E-state index contributed by atoms with van der Waals surface area (Å²) in [6.07, 6.45) is -0.242. The Bertz CT molecular complexity index is 1250. The van der Waals surface area contributed by atoms with Crippen LogP contribution in [-0.4, -0.2) is 47.6 Å². The molecular formula is C27H34F3N3O4. The number of rotatable bonds is 11. The number of hydrogen-bond donors (Lipinski definition) is 2. The third-order valence-electron chi connectivity index (χ3n) is 6.08. The molecule has 7 nitrogen and oxygen atoms in total. The topological polar surface area (TPSA) is 85.7 Å². The monoisotopic (exact) mass is 521 g/mol. The van der Waals surface area contributed by atoms with Gasteiger partial charge < -0.3 is 24.6 Å². The second-order valence-corrected chi connectivity index (χ2v) is 9.76. The molecule has 10 heteroatoms. The largest absolute Gasteiger partial charge is 0.493 e. The van der Waals surface area contributed by atoms with Crippen LogP contribution in [0.3, 0.4) is 0 Å². The molecule has 2 aromatic carbocycles. The molecule has 0 saturated carbocycles. The molecule has 1 heterocycles. The zero-order chi connectivity index (χ0) is 27.5. The van der Waals surface area contributed by atoms with E-state index in [1.165, 1.54) is 19.2 Å². The van der Waals surface area contributed by atoms with Crippen molar-refractivity contribution in [3.8, 4) is 11.5 Å². The lowest BCUT2D eigenvalue weighted by molar-refractivity contribution is -0.170. The fourth-order valence-electron chi connectivity index (χ4n) is 3.80. The lowest BCUT2D eigenvalue weighted by atomic mass is 9.92. The van der Waals surface area contributed by atoms with Gasteiger partial charge in [-0.2, -0.15) is 8.78 Å². The van der Waals surface area contributed by atoms with Crippen LogP contribution in [0.2, 0.25) is 0 Å². The van der Waals surface area contributed by atoms with E-state index in [0.717, 1.165) is 19.9 Å². The molecule has 0 spiro atoms. The number of nitrogens with one attached hydrogen (secondary N) is 1. The Kier molecular flexibility index (Phi) is 8.54. The molecule has 3 rings (SSSR count). The third-order valence-corrected chi connectivity index (χ3v) is 6.08. The number of aryl methyl sites for hydroxylation is 1. The summed E-state index contributed by atoms with van der Waals surface area (Å²) >= 11 is 0. The van der Waals surface area contributed by atoms with E-state index in [9.17, 15) is 13.9 Å². The van der Waals surface area contributed by atoms with Crippen molar-refractivity contribution < 1.29 is 32.5 Å². The van der Waals surface area contributed by atoms with Crippen LogP contribution >= 0.6 is 0 Å². The first-order valence-electron chi connectivity index (χ1n) is 11.9. The second-order valence-electron chi connectivity index (χ2n) is 9.76. The van der Waals surface area contributed by atoms with Crippen molar-refractivity contribution in [2.75, 3.05) is 26.1 Å². The summed E-state index contributed by atoms with van der Waals surface area (Å²) in [7, 11) is 3.13. The first kappa shape index (κ1) is 28.5. The summed E-state index contributed by atoms with van der Waals surface area (Å²) in [5.74, 6) is -2.96. The molecule has 0 fully saturated rings. The quantitative estimate of drug-likeness (QED) is 0.339. The molecule has 0 bridgehead atoms. The van der Waals surface area contributed by atoms with Gasteiger partial charge in [0, 0.05) is 30.7 Å². The van der Waals surface area contributed by atoms with Gasteiger partial charge in [-0.05, 0) is 38.8 Å². The summed E-state index contributed by atoms with van der Waals surface area (Å²) in [6, 6.07) is 7.16. The molecule has 0 aliphatic heterocycles. The lowest BCUT2D eigenvalue weighted by Gasteiger charge is -2.30. The van der Waals surface area contributed by atoms with E-state index < -0.39 is 22.9 Å². The average molecular weight is 522 g/mol. The van der Waals surface area contributed by atoms with Crippen LogP contribution in [0.4, 0.5) is 19.0 Å². The molecule has 0 saturated heterocycles. The lowest BCUT2D eigenvalue weighted by Crippen LogP contribution is -2.41. The number of methoxy groups -OCH3 is 2. The number of aromatic nitrogens is 2. The van der Waals surface area contributed by atoms with Crippen molar-refractivity contribution >= 4 is 16.7 Å². The second kappa shape index (κ2) is 11.1. The standard InChI is InChI=1S/C27H34F3N3O4/c1-15(2)23(14-35-6)37-22-11-18-20(12-21(22)36-7)32-16(3)33-25(18)31-13-17-9-8-10-19(24(17)28)27(29,30)26(4,5)34/h8-12,15,23,34H,13-14H2,1-7H3,(H,31,32,33). The zero-order valence-corrected chi connectivity index (χ0v) is 22.2. The highest BCUT2D eigenvalue weighted by molar-refractivity contribution is 5.91. The Balaban J connectivity index is 2.00. The molecule has 1 atom stereocenters. The predicted molar refractivity (Wildman–Crippen MR) is 136 cm³/mol. The number of anilines is 1. The van der Waals surface area contributed by atoms with Crippen molar-refractivity contribution in [2.45, 2.75) is 58.8 Å². The average Bonchev–Trinajstić information content (AvgIpc) is 2.81.